The topological polar surface area (TPSA) is 58.4 Å². The average Bonchev–Trinajstić information content (AvgIpc) is 2.70. The summed E-state index contributed by atoms with van der Waals surface area (Å²) in [6.45, 7) is 6.02. The molecular formula is C15H22ClN3O2. The van der Waals surface area contributed by atoms with Crippen LogP contribution in [0.15, 0.2) is 12.1 Å². The van der Waals surface area contributed by atoms with Gasteiger partial charge in [-0.05, 0) is 44.5 Å². The Hall–Kier alpha value is -1.33. The molecule has 2 rings (SSSR count). The molecule has 6 heteroatoms. The summed E-state index contributed by atoms with van der Waals surface area (Å²) in [6, 6.07) is 3.17. The van der Waals surface area contributed by atoms with Crippen LogP contribution in [0, 0.1) is 17.0 Å². The zero-order valence-electron chi connectivity index (χ0n) is 12.4. The van der Waals surface area contributed by atoms with Crippen molar-refractivity contribution in [1.29, 1.82) is 0 Å². The van der Waals surface area contributed by atoms with E-state index in [0.717, 1.165) is 24.3 Å². The maximum Gasteiger partial charge on any atom is 0.288 e. The first-order valence-electron chi connectivity index (χ1n) is 7.48. The predicted octanol–water partition coefficient (Wildman–Crippen LogP) is 3.84. The fourth-order valence-corrected chi connectivity index (χ4v) is 2.94. The molecule has 5 nitrogen and oxygen atoms in total. The van der Waals surface area contributed by atoms with Crippen molar-refractivity contribution in [3.05, 3.63) is 32.8 Å². The van der Waals surface area contributed by atoms with E-state index in [1.165, 1.54) is 44.8 Å². The highest BCUT2D eigenvalue weighted by atomic mass is 35.5. The predicted molar refractivity (Wildman–Crippen MR) is 86.2 cm³/mol. The fraction of sp³-hybridized carbons (Fsp3) is 0.600. The molecule has 0 amide bonds. The third-order valence-corrected chi connectivity index (χ3v) is 4.24. The van der Waals surface area contributed by atoms with E-state index in [4.69, 9.17) is 11.6 Å². The maximum atomic E-state index is 10.8. The highest BCUT2D eigenvalue weighted by molar-refractivity contribution is 6.33. The molecule has 0 unspecified atom stereocenters. The van der Waals surface area contributed by atoms with Gasteiger partial charge >= 0.3 is 0 Å². The summed E-state index contributed by atoms with van der Waals surface area (Å²) in [5.74, 6) is 0. The van der Waals surface area contributed by atoms with Crippen LogP contribution in [0.3, 0.4) is 0 Å². The number of nitro benzene ring substituents is 1. The molecule has 0 radical (unpaired) electrons. The van der Waals surface area contributed by atoms with Gasteiger partial charge in [0.05, 0.1) is 4.92 Å². The lowest BCUT2D eigenvalue weighted by Crippen LogP contribution is -2.30. The molecule has 1 aromatic carbocycles. The van der Waals surface area contributed by atoms with Gasteiger partial charge in [-0.3, -0.25) is 10.1 Å². The van der Waals surface area contributed by atoms with Gasteiger partial charge in [0.25, 0.3) is 5.69 Å². The Labute approximate surface area is 130 Å². The van der Waals surface area contributed by atoms with E-state index in [1.54, 1.807) is 6.07 Å². The minimum Gasteiger partial charge on any atom is -0.383 e. The lowest BCUT2D eigenvalue weighted by molar-refractivity contribution is -0.384. The standard InChI is InChI=1S/C15H22ClN3O2/c1-12-10-15(19(20)21)13(16)11-14(12)17-6-9-18-7-4-2-3-5-8-18/h10-11,17H,2-9H2,1H3. The second-order valence-electron chi connectivity index (χ2n) is 5.56. The van der Waals surface area contributed by atoms with Gasteiger partial charge < -0.3 is 10.2 Å². The summed E-state index contributed by atoms with van der Waals surface area (Å²) < 4.78 is 0. The molecule has 0 spiro atoms. The van der Waals surface area contributed by atoms with Gasteiger partial charge in [-0.15, -0.1) is 0 Å². The van der Waals surface area contributed by atoms with Crippen LogP contribution >= 0.6 is 11.6 Å². The second kappa shape index (κ2) is 7.61. The third-order valence-electron chi connectivity index (χ3n) is 3.93. The molecule has 0 bridgehead atoms. The Morgan fingerprint density at radius 3 is 2.57 bits per heavy atom. The number of rotatable bonds is 5. The number of benzene rings is 1. The summed E-state index contributed by atoms with van der Waals surface area (Å²) in [4.78, 5) is 12.9. The smallest absolute Gasteiger partial charge is 0.288 e. The SMILES string of the molecule is Cc1cc([N+](=O)[O-])c(Cl)cc1NCCN1CCCCCC1. The van der Waals surface area contributed by atoms with Crippen molar-refractivity contribution in [2.24, 2.45) is 0 Å². The number of halogens is 1. The number of anilines is 1. The third kappa shape index (κ3) is 4.58. The van der Waals surface area contributed by atoms with Gasteiger partial charge in [0, 0.05) is 24.8 Å². The molecule has 1 aromatic rings. The number of nitrogens with one attached hydrogen (secondary N) is 1. The molecule has 116 valence electrons. The molecule has 1 saturated heterocycles. The van der Waals surface area contributed by atoms with Gasteiger partial charge in [-0.1, -0.05) is 24.4 Å². The zero-order valence-corrected chi connectivity index (χ0v) is 13.2. The van der Waals surface area contributed by atoms with Crippen molar-refractivity contribution in [1.82, 2.24) is 4.90 Å². The number of nitro groups is 1. The van der Waals surface area contributed by atoms with Crippen molar-refractivity contribution in [2.45, 2.75) is 32.6 Å². The fourth-order valence-electron chi connectivity index (χ4n) is 2.71. The number of hydrogen-bond acceptors (Lipinski definition) is 4. The minimum atomic E-state index is -0.448. The van der Waals surface area contributed by atoms with Gasteiger partial charge in [0.2, 0.25) is 0 Å². The lowest BCUT2D eigenvalue weighted by atomic mass is 10.1. The van der Waals surface area contributed by atoms with Gasteiger partial charge in [0.1, 0.15) is 5.02 Å². The monoisotopic (exact) mass is 311 g/mol. The maximum absolute atomic E-state index is 10.8. The van der Waals surface area contributed by atoms with Crippen LogP contribution in [0.4, 0.5) is 11.4 Å². The Morgan fingerprint density at radius 1 is 1.29 bits per heavy atom. The summed E-state index contributed by atoms with van der Waals surface area (Å²) in [5.41, 5.74) is 1.69. The van der Waals surface area contributed by atoms with Crippen molar-refractivity contribution in [3.63, 3.8) is 0 Å². The number of aryl methyl sites for hydroxylation is 1. The molecule has 0 aromatic heterocycles. The van der Waals surface area contributed by atoms with Crippen molar-refractivity contribution in [2.75, 3.05) is 31.5 Å². The first-order chi connectivity index (χ1) is 10.1. The molecule has 0 saturated carbocycles. The summed E-state index contributed by atoms with van der Waals surface area (Å²) in [5, 5.41) is 14.4. The first kappa shape index (κ1) is 16.0. The van der Waals surface area contributed by atoms with E-state index >= 15 is 0 Å². The van der Waals surface area contributed by atoms with Gasteiger partial charge in [0.15, 0.2) is 0 Å². The Balaban J connectivity index is 1.91. The lowest BCUT2D eigenvalue weighted by Gasteiger charge is -2.20. The molecular weight excluding hydrogens is 290 g/mol. The van der Waals surface area contributed by atoms with E-state index in [-0.39, 0.29) is 10.7 Å². The highest BCUT2D eigenvalue weighted by Crippen LogP contribution is 2.30. The molecule has 1 aliphatic rings. The van der Waals surface area contributed by atoms with Crippen LogP contribution in [0.2, 0.25) is 5.02 Å². The molecule has 0 aliphatic carbocycles. The Bertz CT molecular complexity index is 500. The molecule has 1 aliphatic heterocycles. The average molecular weight is 312 g/mol. The minimum absolute atomic E-state index is 0.0350. The zero-order chi connectivity index (χ0) is 15.2. The highest BCUT2D eigenvalue weighted by Gasteiger charge is 2.15. The van der Waals surface area contributed by atoms with Crippen molar-refractivity contribution in [3.8, 4) is 0 Å². The summed E-state index contributed by atoms with van der Waals surface area (Å²) in [6.07, 6.45) is 5.23. The normalized spacial score (nSPS) is 16.5. The van der Waals surface area contributed by atoms with Crippen molar-refractivity contribution >= 4 is 23.0 Å². The number of likely N-dealkylation sites (tertiary alicyclic amines) is 1. The van der Waals surface area contributed by atoms with E-state index in [1.807, 2.05) is 6.92 Å². The van der Waals surface area contributed by atoms with E-state index < -0.39 is 4.92 Å². The van der Waals surface area contributed by atoms with Crippen LogP contribution < -0.4 is 5.32 Å². The summed E-state index contributed by atoms with van der Waals surface area (Å²) >= 11 is 5.95. The summed E-state index contributed by atoms with van der Waals surface area (Å²) in [7, 11) is 0. The van der Waals surface area contributed by atoms with E-state index in [9.17, 15) is 10.1 Å². The Morgan fingerprint density at radius 2 is 1.95 bits per heavy atom. The second-order valence-corrected chi connectivity index (χ2v) is 5.97. The van der Waals surface area contributed by atoms with Crippen molar-refractivity contribution < 1.29 is 4.92 Å². The number of hydrogen-bond donors (Lipinski definition) is 1. The van der Waals surface area contributed by atoms with E-state index in [0.29, 0.717) is 0 Å². The largest absolute Gasteiger partial charge is 0.383 e. The first-order valence-corrected chi connectivity index (χ1v) is 7.86. The van der Waals surface area contributed by atoms with Crippen LogP contribution in [-0.4, -0.2) is 36.0 Å². The molecule has 0 atom stereocenters. The quantitative estimate of drug-likeness (QED) is 0.663. The van der Waals surface area contributed by atoms with Crippen LogP contribution in [0.1, 0.15) is 31.2 Å². The van der Waals surface area contributed by atoms with Crippen LogP contribution in [-0.2, 0) is 0 Å². The molecule has 21 heavy (non-hydrogen) atoms. The van der Waals surface area contributed by atoms with Crippen LogP contribution in [0.5, 0.6) is 0 Å². The van der Waals surface area contributed by atoms with E-state index in [2.05, 4.69) is 10.2 Å². The van der Waals surface area contributed by atoms with Gasteiger partial charge in [-0.2, -0.15) is 0 Å². The Kier molecular flexibility index (Phi) is 5.82. The molecule has 1 fully saturated rings. The molecule has 1 N–H and O–H groups in total. The molecule has 1 heterocycles. The number of nitrogens with zero attached hydrogens (tertiary/aromatic N) is 2. The van der Waals surface area contributed by atoms with Crippen LogP contribution in [0.25, 0.3) is 0 Å². The van der Waals surface area contributed by atoms with Gasteiger partial charge in [-0.25, -0.2) is 0 Å².